The van der Waals surface area contributed by atoms with Gasteiger partial charge in [-0.2, -0.15) is 0 Å². The van der Waals surface area contributed by atoms with Crippen LogP contribution in [0.3, 0.4) is 0 Å². The predicted octanol–water partition coefficient (Wildman–Crippen LogP) is 2.00. The molecule has 4 N–H and O–H groups in total. The zero-order valence-electron chi connectivity index (χ0n) is 11.6. The summed E-state index contributed by atoms with van der Waals surface area (Å²) >= 11 is 1.55. The monoisotopic (exact) mass is 300 g/mol. The van der Waals surface area contributed by atoms with Gasteiger partial charge in [0.05, 0.1) is 13.1 Å². The molecule has 4 nitrogen and oxygen atoms in total. The van der Waals surface area contributed by atoms with Gasteiger partial charge >= 0.3 is 0 Å². The smallest absolute Gasteiger partial charge is 0.251 e. The van der Waals surface area contributed by atoms with E-state index in [1.807, 2.05) is 11.4 Å². The largest absolute Gasteiger partial charge is 0.508 e. The maximum atomic E-state index is 12.1. The minimum Gasteiger partial charge on any atom is -0.508 e. The predicted molar refractivity (Wildman–Crippen MR) is 84.3 cm³/mol. The van der Waals surface area contributed by atoms with Crippen LogP contribution in [0.15, 0.2) is 29.6 Å². The summed E-state index contributed by atoms with van der Waals surface area (Å²) < 4.78 is 0. The minimum atomic E-state index is -0.157. The summed E-state index contributed by atoms with van der Waals surface area (Å²) in [4.78, 5) is 13.1. The molecule has 0 aliphatic carbocycles. The number of nitrogens with two attached hydrogens (primary N) is 1. The molecular weight excluding hydrogens is 284 g/mol. The van der Waals surface area contributed by atoms with Crippen molar-refractivity contribution in [2.45, 2.75) is 13.5 Å². The van der Waals surface area contributed by atoms with E-state index in [1.165, 1.54) is 6.07 Å². The Morgan fingerprint density at radius 3 is 2.95 bits per heavy atom. The second-order valence-corrected chi connectivity index (χ2v) is 5.49. The summed E-state index contributed by atoms with van der Waals surface area (Å²) in [7, 11) is 0. The lowest BCUT2D eigenvalue weighted by molar-refractivity contribution is 0.0950. The number of amides is 1. The zero-order valence-corrected chi connectivity index (χ0v) is 12.5. The van der Waals surface area contributed by atoms with Gasteiger partial charge in [0.2, 0.25) is 0 Å². The fourth-order valence-corrected chi connectivity index (χ4v) is 2.61. The lowest BCUT2D eigenvalue weighted by atomic mass is 10.1. The van der Waals surface area contributed by atoms with Crippen molar-refractivity contribution in [3.8, 4) is 17.6 Å². The fraction of sp³-hybridized carbons (Fsp3) is 0.188. The van der Waals surface area contributed by atoms with Crippen molar-refractivity contribution in [3.05, 3.63) is 51.2 Å². The number of hydrogen-bond acceptors (Lipinski definition) is 4. The highest BCUT2D eigenvalue weighted by Gasteiger charge is 2.09. The van der Waals surface area contributed by atoms with Gasteiger partial charge in [0, 0.05) is 21.4 Å². The quantitative estimate of drug-likeness (QED) is 0.759. The number of hydrogen-bond donors (Lipinski definition) is 3. The van der Waals surface area contributed by atoms with E-state index in [0.29, 0.717) is 18.7 Å². The Labute approximate surface area is 127 Å². The van der Waals surface area contributed by atoms with Gasteiger partial charge in [0.15, 0.2) is 0 Å². The molecule has 0 unspecified atom stereocenters. The van der Waals surface area contributed by atoms with Crippen molar-refractivity contribution >= 4 is 17.2 Å². The van der Waals surface area contributed by atoms with Gasteiger partial charge in [-0.05, 0) is 36.8 Å². The number of carbonyl (C=O) groups is 1. The van der Waals surface area contributed by atoms with Gasteiger partial charge < -0.3 is 16.2 Å². The van der Waals surface area contributed by atoms with Crippen LogP contribution >= 0.6 is 11.3 Å². The normalized spacial score (nSPS) is 9.81. The third-order valence-corrected chi connectivity index (χ3v) is 3.80. The highest BCUT2D eigenvalue weighted by Crippen LogP contribution is 2.17. The number of aromatic hydroxyl groups is 1. The molecule has 0 saturated carbocycles. The first-order valence-corrected chi connectivity index (χ1v) is 7.32. The number of phenolic OH excluding ortho intramolecular Hbond substituents is 1. The number of thiophene rings is 1. The Hall–Kier alpha value is -2.29. The average Bonchev–Trinajstić information content (AvgIpc) is 2.90. The van der Waals surface area contributed by atoms with Gasteiger partial charge in [-0.15, -0.1) is 11.3 Å². The molecule has 1 amide bonds. The molecule has 108 valence electrons. The van der Waals surface area contributed by atoms with Crippen molar-refractivity contribution in [1.29, 1.82) is 0 Å². The Morgan fingerprint density at radius 2 is 2.24 bits per heavy atom. The van der Waals surface area contributed by atoms with Crippen molar-refractivity contribution < 1.29 is 9.90 Å². The summed E-state index contributed by atoms with van der Waals surface area (Å²) in [5.74, 6) is 5.75. The molecule has 0 spiro atoms. The fourth-order valence-electron chi connectivity index (χ4n) is 1.86. The van der Waals surface area contributed by atoms with E-state index in [9.17, 15) is 9.90 Å². The third-order valence-electron chi connectivity index (χ3n) is 2.87. The molecule has 2 aromatic rings. The van der Waals surface area contributed by atoms with Crippen molar-refractivity contribution in [1.82, 2.24) is 5.32 Å². The first-order chi connectivity index (χ1) is 10.1. The van der Waals surface area contributed by atoms with Crippen LogP contribution in [0, 0.1) is 18.8 Å². The number of carbonyl (C=O) groups excluding carboxylic acids is 1. The third kappa shape index (κ3) is 4.09. The minimum absolute atomic E-state index is 0.157. The zero-order chi connectivity index (χ0) is 15.2. The lowest BCUT2D eigenvalue weighted by Gasteiger charge is -2.07. The number of nitrogens with one attached hydrogen (secondary N) is 1. The summed E-state index contributed by atoms with van der Waals surface area (Å²) in [5, 5.41) is 14.2. The highest BCUT2D eigenvalue weighted by atomic mass is 32.1. The van der Waals surface area contributed by atoms with E-state index in [-0.39, 0.29) is 11.7 Å². The molecule has 0 atom stereocenters. The van der Waals surface area contributed by atoms with Gasteiger partial charge in [-0.1, -0.05) is 11.8 Å². The number of aryl methyl sites for hydroxylation is 1. The molecule has 0 radical (unpaired) electrons. The van der Waals surface area contributed by atoms with Crippen LogP contribution in [-0.4, -0.2) is 17.6 Å². The SMILES string of the molecule is Cc1cc(O)ccc1C(=O)NCc1cc(C#CCN)cs1. The maximum Gasteiger partial charge on any atom is 0.251 e. The highest BCUT2D eigenvalue weighted by molar-refractivity contribution is 7.10. The molecule has 21 heavy (non-hydrogen) atoms. The van der Waals surface area contributed by atoms with Crippen molar-refractivity contribution in [3.63, 3.8) is 0 Å². The van der Waals surface area contributed by atoms with Crippen LogP contribution in [0.4, 0.5) is 0 Å². The van der Waals surface area contributed by atoms with E-state index >= 15 is 0 Å². The van der Waals surface area contributed by atoms with E-state index in [0.717, 1.165) is 16.0 Å². The Balaban J connectivity index is 1.99. The van der Waals surface area contributed by atoms with Crippen LogP contribution in [-0.2, 0) is 6.54 Å². The molecule has 1 heterocycles. The van der Waals surface area contributed by atoms with Crippen LogP contribution in [0.25, 0.3) is 0 Å². The second-order valence-electron chi connectivity index (χ2n) is 4.49. The molecule has 2 rings (SSSR count). The summed E-state index contributed by atoms with van der Waals surface area (Å²) in [5.41, 5.74) is 7.54. The van der Waals surface area contributed by atoms with E-state index < -0.39 is 0 Å². The van der Waals surface area contributed by atoms with Crippen LogP contribution < -0.4 is 11.1 Å². The van der Waals surface area contributed by atoms with Gasteiger partial charge in [0.25, 0.3) is 5.91 Å². The second kappa shape index (κ2) is 6.93. The topological polar surface area (TPSA) is 75.3 Å². The van der Waals surface area contributed by atoms with E-state index in [2.05, 4.69) is 17.2 Å². The number of rotatable bonds is 3. The Morgan fingerprint density at radius 1 is 1.43 bits per heavy atom. The van der Waals surface area contributed by atoms with Gasteiger partial charge in [-0.3, -0.25) is 4.79 Å². The summed E-state index contributed by atoms with van der Waals surface area (Å²) in [6.07, 6.45) is 0. The molecule has 0 bridgehead atoms. The molecular formula is C16H16N2O2S. The van der Waals surface area contributed by atoms with Crippen molar-refractivity contribution in [2.24, 2.45) is 5.73 Å². The molecule has 5 heteroatoms. The standard InChI is InChI=1S/C16H16N2O2S/c1-11-7-13(19)4-5-15(11)16(20)18-9-14-8-12(10-21-14)3-2-6-17/h4-5,7-8,10,19H,6,9,17H2,1H3,(H,18,20). The van der Waals surface area contributed by atoms with Crippen molar-refractivity contribution in [2.75, 3.05) is 6.54 Å². The number of benzene rings is 1. The molecule has 0 fully saturated rings. The lowest BCUT2D eigenvalue weighted by Crippen LogP contribution is -2.23. The van der Waals surface area contributed by atoms with Crippen LogP contribution in [0.1, 0.15) is 26.4 Å². The Kier molecular flexibility index (Phi) is 4.99. The van der Waals surface area contributed by atoms with E-state index in [1.54, 1.807) is 30.4 Å². The maximum absolute atomic E-state index is 12.1. The molecule has 0 saturated heterocycles. The molecule has 1 aromatic carbocycles. The summed E-state index contributed by atoms with van der Waals surface area (Å²) in [6, 6.07) is 6.64. The van der Waals surface area contributed by atoms with E-state index in [4.69, 9.17) is 5.73 Å². The first-order valence-electron chi connectivity index (χ1n) is 6.44. The Bertz CT molecular complexity index is 711. The van der Waals surface area contributed by atoms with Gasteiger partial charge in [-0.25, -0.2) is 0 Å². The first kappa shape index (κ1) is 15.1. The van der Waals surface area contributed by atoms with Gasteiger partial charge in [0.1, 0.15) is 5.75 Å². The average molecular weight is 300 g/mol. The molecule has 0 aliphatic heterocycles. The van der Waals surface area contributed by atoms with Crippen LogP contribution in [0.2, 0.25) is 0 Å². The number of phenols is 1. The molecule has 1 aromatic heterocycles. The molecule has 0 aliphatic rings. The summed E-state index contributed by atoms with van der Waals surface area (Å²) in [6.45, 7) is 2.58. The van der Waals surface area contributed by atoms with Crippen LogP contribution in [0.5, 0.6) is 5.75 Å².